The van der Waals surface area contributed by atoms with Crippen molar-refractivity contribution in [1.82, 2.24) is 14.9 Å². The van der Waals surface area contributed by atoms with E-state index in [9.17, 15) is 19.2 Å². The van der Waals surface area contributed by atoms with Gasteiger partial charge in [0.2, 0.25) is 5.91 Å². The number of methoxy groups -OCH3 is 1. The zero-order valence-corrected chi connectivity index (χ0v) is 12.3. The average Bonchev–Trinajstić information content (AvgIpc) is 2.42. The predicted molar refractivity (Wildman–Crippen MR) is 75.0 cm³/mol. The smallest absolute Gasteiger partial charge is 0.325 e. The number of hydrogen-bond acceptors (Lipinski definition) is 5. The molecule has 0 bridgehead atoms. The molecule has 1 heterocycles. The highest BCUT2D eigenvalue weighted by Gasteiger charge is 2.17. The molecule has 21 heavy (non-hydrogen) atoms. The number of ether oxygens (including phenoxy) is 1. The molecule has 8 heteroatoms. The van der Waals surface area contributed by atoms with Crippen LogP contribution in [0.25, 0.3) is 0 Å². The molecule has 0 unspecified atom stereocenters. The first-order chi connectivity index (χ1) is 9.88. The van der Waals surface area contributed by atoms with E-state index in [4.69, 9.17) is 0 Å². The molecule has 0 radical (unpaired) electrons. The van der Waals surface area contributed by atoms with Crippen LogP contribution in [0.3, 0.4) is 0 Å². The van der Waals surface area contributed by atoms with E-state index in [2.05, 4.69) is 14.7 Å². The molecular formula is C13H19N3O5. The fourth-order valence-electron chi connectivity index (χ4n) is 1.91. The number of rotatable bonds is 6. The maximum atomic E-state index is 12.0. The minimum Gasteiger partial charge on any atom is -0.468 e. The topological polar surface area (TPSA) is 112 Å². The second-order valence-corrected chi connectivity index (χ2v) is 4.50. The number of carbonyl (C=O) groups is 2. The molecule has 0 aliphatic heterocycles. The van der Waals surface area contributed by atoms with Crippen LogP contribution in [-0.2, 0) is 20.7 Å². The molecule has 8 nitrogen and oxygen atoms in total. The van der Waals surface area contributed by atoms with Gasteiger partial charge < -0.3 is 14.6 Å². The van der Waals surface area contributed by atoms with Gasteiger partial charge in [-0.3, -0.25) is 19.4 Å². The van der Waals surface area contributed by atoms with Crippen molar-refractivity contribution in [2.24, 2.45) is 0 Å². The summed E-state index contributed by atoms with van der Waals surface area (Å²) in [6.07, 6.45) is 0.259. The van der Waals surface area contributed by atoms with Crippen LogP contribution in [0.5, 0.6) is 0 Å². The van der Waals surface area contributed by atoms with Crippen molar-refractivity contribution in [3.63, 3.8) is 0 Å². The van der Waals surface area contributed by atoms with Gasteiger partial charge in [0.25, 0.3) is 5.56 Å². The van der Waals surface area contributed by atoms with E-state index < -0.39 is 17.2 Å². The summed E-state index contributed by atoms with van der Waals surface area (Å²) in [6.45, 7) is 3.60. The van der Waals surface area contributed by atoms with Crippen molar-refractivity contribution in [2.45, 2.75) is 26.7 Å². The maximum Gasteiger partial charge on any atom is 0.325 e. The summed E-state index contributed by atoms with van der Waals surface area (Å²) in [7, 11) is 1.25. The molecule has 1 amide bonds. The Balaban J connectivity index is 2.74. The molecule has 116 valence electrons. The average molecular weight is 297 g/mol. The third-order valence-electron chi connectivity index (χ3n) is 3.13. The van der Waals surface area contributed by atoms with Gasteiger partial charge in [-0.15, -0.1) is 0 Å². The number of likely N-dealkylation sites (N-methyl/N-ethyl adjacent to an activating group) is 1. The summed E-state index contributed by atoms with van der Waals surface area (Å²) < 4.78 is 4.52. The summed E-state index contributed by atoms with van der Waals surface area (Å²) in [4.78, 5) is 51.9. The Morgan fingerprint density at radius 2 is 1.90 bits per heavy atom. The zero-order valence-electron chi connectivity index (χ0n) is 12.3. The Morgan fingerprint density at radius 1 is 1.24 bits per heavy atom. The minimum atomic E-state index is -0.576. The molecule has 0 aliphatic carbocycles. The largest absolute Gasteiger partial charge is 0.468 e. The molecule has 0 saturated heterocycles. The Kier molecular flexibility index (Phi) is 5.89. The Hall–Kier alpha value is -2.38. The molecule has 2 N–H and O–H groups in total. The molecule has 0 aromatic carbocycles. The summed E-state index contributed by atoms with van der Waals surface area (Å²) in [5.74, 6) is -0.754. The van der Waals surface area contributed by atoms with Crippen LogP contribution >= 0.6 is 0 Å². The van der Waals surface area contributed by atoms with E-state index in [0.29, 0.717) is 17.8 Å². The van der Waals surface area contributed by atoms with Gasteiger partial charge in [0.1, 0.15) is 6.54 Å². The Bertz CT molecular complexity index is 631. The fraction of sp³-hybridized carbons (Fsp3) is 0.538. The molecule has 0 spiro atoms. The van der Waals surface area contributed by atoms with Crippen molar-refractivity contribution in [2.75, 3.05) is 20.2 Å². The highest BCUT2D eigenvalue weighted by Crippen LogP contribution is 2.03. The number of nitrogens with zero attached hydrogens (tertiary/aromatic N) is 1. The van der Waals surface area contributed by atoms with Gasteiger partial charge in [-0.25, -0.2) is 4.79 Å². The lowest BCUT2D eigenvalue weighted by molar-refractivity contribution is -0.146. The lowest BCUT2D eigenvalue weighted by atomic mass is 10.1. The van der Waals surface area contributed by atoms with E-state index in [1.165, 1.54) is 12.0 Å². The first-order valence-corrected chi connectivity index (χ1v) is 6.55. The first-order valence-electron chi connectivity index (χ1n) is 6.55. The monoisotopic (exact) mass is 297 g/mol. The van der Waals surface area contributed by atoms with Crippen molar-refractivity contribution < 1.29 is 14.3 Å². The second kappa shape index (κ2) is 7.41. The van der Waals surface area contributed by atoms with Crippen molar-refractivity contribution in [3.8, 4) is 0 Å². The van der Waals surface area contributed by atoms with Crippen LogP contribution in [0, 0.1) is 6.92 Å². The number of carbonyl (C=O) groups excluding carboxylic acids is 2. The van der Waals surface area contributed by atoms with Gasteiger partial charge in [0.05, 0.1) is 7.11 Å². The van der Waals surface area contributed by atoms with Gasteiger partial charge in [-0.2, -0.15) is 0 Å². The molecule has 1 rings (SSSR count). The van der Waals surface area contributed by atoms with Gasteiger partial charge in [-0.05, 0) is 20.3 Å². The number of nitrogens with one attached hydrogen (secondary N) is 2. The van der Waals surface area contributed by atoms with Crippen LogP contribution in [-0.4, -0.2) is 46.9 Å². The number of aromatic amines is 2. The van der Waals surface area contributed by atoms with Crippen LogP contribution in [0.2, 0.25) is 0 Å². The van der Waals surface area contributed by atoms with E-state index in [-0.39, 0.29) is 25.3 Å². The number of esters is 1. The standard InChI is InChI=1S/C13H19N3O5/c1-4-16(7-11(18)21-3)10(17)6-5-9-8(2)14-13(20)15-12(9)19/h4-7H2,1-3H3,(H2,14,15,19,20). The van der Waals surface area contributed by atoms with E-state index >= 15 is 0 Å². The van der Waals surface area contributed by atoms with Gasteiger partial charge in [-0.1, -0.05) is 0 Å². The first kappa shape index (κ1) is 16.7. The number of aryl methyl sites for hydroxylation is 1. The molecule has 0 saturated carbocycles. The molecular weight excluding hydrogens is 278 g/mol. The maximum absolute atomic E-state index is 12.0. The third-order valence-corrected chi connectivity index (χ3v) is 3.13. The normalized spacial score (nSPS) is 10.2. The number of H-pyrrole nitrogens is 2. The zero-order chi connectivity index (χ0) is 16.0. The van der Waals surface area contributed by atoms with Crippen LogP contribution in [0.4, 0.5) is 0 Å². The molecule has 0 atom stereocenters. The second-order valence-electron chi connectivity index (χ2n) is 4.50. The van der Waals surface area contributed by atoms with E-state index in [1.54, 1.807) is 13.8 Å². The lowest BCUT2D eigenvalue weighted by Crippen LogP contribution is -2.36. The van der Waals surface area contributed by atoms with E-state index in [1.807, 2.05) is 0 Å². The summed E-state index contributed by atoms with van der Waals surface area (Å²) in [5, 5.41) is 0. The van der Waals surface area contributed by atoms with E-state index in [0.717, 1.165) is 0 Å². The third kappa shape index (κ3) is 4.59. The molecule has 0 aliphatic rings. The summed E-state index contributed by atoms with van der Waals surface area (Å²) in [6, 6.07) is 0. The highest BCUT2D eigenvalue weighted by atomic mass is 16.5. The molecule has 0 fully saturated rings. The lowest BCUT2D eigenvalue weighted by Gasteiger charge is -2.19. The summed E-state index contributed by atoms with van der Waals surface area (Å²) >= 11 is 0. The number of aromatic nitrogens is 2. The Morgan fingerprint density at radius 3 is 2.43 bits per heavy atom. The van der Waals surface area contributed by atoms with Crippen LogP contribution < -0.4 is 11.2 Å². The minimum absolute atomic E-state index is 0.0702. The Labute approximate surface area is 121 Å². The van der Waals surface area contributed by atoms with Gasteiger partial charge >= 0.3 is 11.7 Å². The SMILES string of the molecule is CCN(CC(=O)OC)C(=O)CCc1c(C)[nH]c(=O)[nH]c1=O. The van der Waals surface area contributed by atoms with Gasteiger partial charge in [0.15, 0.2) is 0 Å². The predicted octanol–water partition coefficient (Wildman–Crippen LogP) is -0.674. The molecule has 1 aromatic heterocycles. The number of hydrogen-bond donors (Lipinski definition) is 2. The van der Waals surface area contributed by atoms with Crippen LogP contribution in [0.1, 0.15) is 24.6 Å². The van der Waals surface area contributed by atoms with Crippen LogP contribution in [0.15, 0.2) is 9.59 Å². The number of amides is 1. The van der Waals surface area contributed by atoms with Crippen molar-refractivity contribution in [1.29, 1.82) is 0 Å². The van der Waals surface area contributed by atoms with Gasteiger partial charge in [0, 0.05) is 24.2 Å². The molecule has 1 aromatic rings. The van der Waals surface area contributed by atoms with Crippen molar-refractivity contribution in [3.05, 3.63) is 32.1 Å². The van der Waals surface area contributed by atoms with Crippen molar-refractivity contribution >= 4 is 11.9 Å². The highest BCUT2D eigenvalue weighted by molar-refractivity contribution is 5.82. The fourth-order valence-corrected chi connectivity index (χ4v) is 1.91. The summed E-state index contributed by atoms with van der Waals surface area (Å²) in [5.41, 5.74) is -0.279. The quantitative estimate of drug-likeness (QED) is 0.676.